The summed E-state index contributed by atoms with van der Waals surface area (Å²) >= 11 is 3.42. The number of alkyl halides is 2. The topological polar surface area (TPSA) is 90.8 Å². The number of amides is 1. The summed E-state index contributed by atoms with van der Waals surface area (Å²) in [5.41, 5.74) is 1.47. The number of nitrogens with one attached hydrogen (secondary N) is 1. The minimum atomic E-state index is -2.73. The largest absolute Gasteiger partial charge is 0.463 e. The summed E-state index contributed by atoms with van der Waals surface area (Å²) in [6.07, 6.45) is 0.385. The monoisotopic (exact) mass is 492 g/mol. The maximum Gasteiger partial charge on any atom is 0.264 e. The van der Waals surface area contributed by atoms with Crippen LogP contribution in [0.2, 0.25) is 0 Å². The molecule has 0 aliphatic heterocycles. The minimum Gasteiger partial charge on any atom is -0.463 e. The van der Waals surface area contributed by atoms with Gasteiger partial charge in [0.15, 0.2) is 11.4 Å². The lowest BCUT2D eigenvalue weighted by Crippen LogP contribution is -2.28. The van der Waals surface area contributed by atoms with Gasteiger partial charge in [0.25, 0.3) is 6.43 Å². The number of carbonyl (C=O) groups is 1. The van der Waals surface area contributed by atoms with Crippen LogP contribution in [0.3, 0.4) is 0 Å². The number of halogens is 3. The molecule has 0 aliphatic carbocycles. The molecule has 162 valence electrons. The van der Waals surface area contributed by atoms with Crippen molar-refractivity contribution < 1.29 is 18.0 Å². The van der Waals surface area contributed by atoms with Gasteiger partial charge in [0, 0.05) is 12.1 Å². The van der Waals surface area contributed by atoms with Gasteiger partial charge >= 0.3 is 0 Å². The molecule has 1 amide bonds. The van der Waals surface area contributed by atoms with E-state index in [9.17, 15) is 13.6 Å². The first-order valence-electron chi connectivity index (χ1n) is 9.56. The second-order valence-electron chi connectivity index (χ2n) is 6.85. The molecule has 0 fully saturated rings. The Kier molecular flexibility index (Phi) is 5.86. The maximum atomic E-state index is 13.8. The van der Waals surface area contributed by atoms with Crippen LogP contribution in [-0.4, -0.2) is 30.5 Å². The zero-order valence-corrected chi connectivity index (χ0v) is 18.4. The molecule has 31 heavy (non-hydrogen) atoms. The molecule has 0 aromatic carbocycles. The summed E-state index contributed by atoms with van der Waals surface area (Å²) in [4.78, 5) is 17.1. The fraction of sp³-hybridized carbons (Fsp3) is 0.300. The van der Waals surface area contributed by atoms with Crippen molar-refractivity contribution in [1.29, 1.82) is 0 Å². The Labute approximate surface area is 184 Å². The highest BCUT2D eigenvalue weighted by molar-refractivity contribution is 9.10. The Morgan fingerprint density at radius 1 is 1.35 bits per heavy atom. The average Bonchev–Trinajstić information content (AvgIpc) is 3.46. The summed E-state index contributed by atoms with van der Waals surface area (Å²) in [5, 5.41) is 11.6. The maximum absolute atomic E-state index is 13.8. The van der Waals surface area contributed by atoms with Crippen molar-refractivity contribution in [3.05, 3.63) is 52.1 Å². The Morgan fingerprint density at radius 2 is 2.16 bits per heavy atom. The SMILES string of the molecule is CCn1ncc(Br)c1CNC(=O)Cn1nc(C)c2c(C(F)F)cc(-c3ccco3)nc21. The van der Waals surface area contributed by atoms with Crippen molar-refractivity contribution in [1.82, 2.24) is 29.9 Å². The molecule has 0 unspecified atom stereocenters. The molecule has 0 bridgehead atoms. The summed E-state index contributed by atoms with van der Waals surface area (Å²) in [7, 11) is 0. The highest BCUT2D eigenvalue weighted by Gasteiger charge is 2.22. The lowest BCUT2D eigenvalue weighted by Gasteiger charge is -2.09. The molecular formula is C20H19BrF2N6O2. The van der Waals surface area contributed by atoms with Gasteiger partial charge in [-0.15, -0.1) is 0 Å². The molecule has 0 spiro atoms. The van der Waals surface area contributed by atoms with Crippen LogP contribution in [0, 0.1) is 6.92 Å². The Morgan fingerprint density at radius 3 is 2.84 bits per heavy atom. The van der Waals surface area contributed by atoms with Crippen LogP contribution in [0.15, 0.2) is 39.5 Å². The van der Waals surface area contributed by atoms with Crippen LogP contribution in [0.4, 0.5) is 8.78 Å². The van der Waals surface area contributed by atoms with Gasteiger partial charge in [-0.25, -0.2) is 18.4 Å². The molecule has 0 radical (unpaired) electrons. The van der Waals surface area contributed by atoms with E-state index >= 15 is 0 Å². The van der Waals surface area contributed by atoms with E-state index in [4.69, 9.17) is 4.42 Å². The highest BCUT2D eigenvalue weighted by Crippen LogP contribution is 2.33. The summed E-state index contributed by atoms with van der Waals surface area (Å²) in [5.74, 6) is 0.0280. The van der Waals surface area contributed by atoms with Crippen LogP contribution in [0.25, 0.3) is 22.5 Å². The van der Waals surface area contributed by atoms with Gasteiger partial charge in [-0.3, -0.25) is 9.48 Å². The van der Waals surface area contributed by atoms with E-state index < -0.39 is 6.43 Å². The van der Waals surface area contributed by atoms with Crippen molar-refractivity contribution in [2.24, 2.45) is 0 Å². The molecule has 0 aliphatic rings. The number of hydrogen-bond donors (Lipinski definition) is 1. The van der Waals surface area contributed by atoms with Crippen molar-refractivity contribution >= 4 is 32.9 Å². The predicted octanol–water partition coefficient (Wildman–Crippen LogP) is 4.23. The first kappa shape index (κ1) is 21.2. The van der Waals surface area contributed by atoms with Crippen LogP contribution < -0.4 is 5.32 Å². The third-order valence-corrected chi connectivity index (χ3v) is 5.52. The van der Waals surface area contributed by atoms with Gasteiger partial charge in [-0.1, -0.05) is 0 Å². The first-order chi connectivity index (χ1) is 14.9. The number of pyridine rings is 1. The van der Waals surface area contributed by atoms with Gasteiger partial charge < -0.3 is 9.73 Å². The molecule has 4 rings (SSSR count). The fourth-order valence-corrected chi connectivity index (χ4v) is 3.87. The molecule has 1 N–H and O–H groups in total. The highest BCUT2D eigenvalue weighted by atomic mass is 79.9. The quantitative estimate of drug-likeness (QED) is 0.416. The van der Waals surface area contributed by atoms with E-state index in [-0.39, 0.29) is 41.3 Å². The Hall–Kier alpha value is -3.08. The summed E-state index contributed by atoms with van der Waals surface area (Å²) in [6.45, 7) is 4.33. The van der Waals surface area contributed by atoms with E-state index in [0.717, 1.165) is 10.2 Å². The van der Waals surface area contributed by atoms with Crippen LogP contribution in [0.1, 0.15) is 30.3 Å². The Balaban J connectivity index is 1.64. The summed E-state index contributed by atoms with van der Waals surface area (Å²) < 4.78 is 36.8. The molecule has 8 nitrogen and oxygen atoms in total. The van der Waals surface area contributed by atoms with Gasteiger partial charge in [-0.05, 0) is 48.0 Å². The normalized spacial score (nSPS) is 11.5. The van der Waals surface area contributed by atoms with Crippen LogP contribution in [-0.2, 0) is 24.4 Å². The zero-order chi connectivity index (χ0) is 22.1. The molecule has 4 heterocycles. The summed E-state index contributed by atoms with van der Waals surface area (Å²) in [6, 6.07) is 4.59. The van der Waals surface area contributed by atoms with E-state index in [0.29, 0.717) is 18.0 Å². The van der Waals surface area contributed by atoms with Crippen molar-refractivity contribution in [2.75, 3.05) is 0 Å². The lowest BCUT2D eigenvalue weighted by molar-refractivity contribution is -0.122. The zero-order valence-electron chi connectivity index (χ0n) is 16.8. The van der Waals surface area contributed by atoms with Gasteiger partial charge in [0.05, 0.1) is 40.3 Å². The van der Waals surface area contributed by atoms with E-state index in [1.807, 2.05) is 6.92 Å². The number of fused-ring (bicyclic) bond motifs is 1. The van der Waals surface area contributed by atoms with Crippen LogP contribution in [0.5, 0.6) is 0 Å². The van der Waals surface area contributed by atoms with Gasteiger partial charge in [-0.2, -0.15) is 10.2 Å². The third-order valence-electron chi connectivity index (χ3n) is 4.86. The molecule has 4 aromatic rings. The fourth-order valence-electron chi connectivity index (χ4n) is 3.43. The molecular weight excluding hydrogens is 474 g/mol. The lowest BCUT2D eigenvalue weighted by atomic mass is 10.1. The average molecular weight is 493 g/mol. The second-order valence-corrected chi connectivity index (χ2v) is 7.70. The number of nitrogens with zero attached hydrogens (tertiary/aromatic N) is 5. The first-order valence-corrected chi connectivity index (χ1v) is 10.3. The molecule has 0 saturated carbocycles. The number of aryl methyl sites for hydroxylation is 2. The van der Waals surface area contributed by atoms with Gasteiger partial charge in [0.1, 0.15) is 12.2 Å². The third kappa shape index (κ3) is 4.09. The second kappa shape index (κ2) is 8.58. The van der Waals surface area contributed by atoms with Crippen LogP contribution >= 0.6 is 15.9 Å². The number of carbonyl (C=O) groups excluding carboxylic acids is 1. The number of rotatable bonds is 7. The van der Waals surface area contributed by atoms with E-state index in [1.54, 1.807) is 29.9 Å². The standard InChI is InChI=1S/C20H19BrF2N6O2/c1-3-28-15(13(21)8-25-28)9-24-17(30)10-29-20-18(11(2)27-29)12(19(22)23)7-14(26-20)16-5-4-6-31-16/h4-8,19H,3,9-10H2,1-2H3,(H,24,30). The van der Waals surface area contributed by atoms with Crippen molar-refractivity contribution in [2.45, 2.75) is 39.9 Å². The molecule has 4 aromatic heterocycles. The molecule has 0 saturated heterocycles. The van der Waals surface area contributed by atoms with Gasteiger partial charge in [0.2, 0.25) is 5.91 Å². The van der Waals surface area contributed by atoms with E-state index in [2.05, 4.69) is 36.4 Å². The molecule has 11 heteroatoms. The van der Waals surface area contributed by atoms with Crippen molar-refractivity contribution in [3.63, 3.8) is 0 Å². The smallest absolute Gasteiger partial charge is 0.264 e. The van der Waals surface area contributed by atoms with Crippen molar-refractivity contribution in [3.8, 4) is 11.5 Å². The van der Waals surface area contributed by atoms with E-state index in [1.165, 1.54) is 17.0 Å². The number of hydrogen-bond acceptors (Lipinski definition) is 5. The predicted molar refractivity (Wildman–Crippen MR) is 112 cm³/mol. The molecule has 0 atom stereocenters. The number of aromatic nitrogens is 5. The minimum absolute atomic E-state index is 0.167. The number of furan rings is 1. The Bertz CT molecular complexity index is 1230.